The van der Waals surface area contributed by atoms with E-state index in [1.165, 1.54) is 12.1 Å². The van der Waals surface area contributed by atoms with Gasteiger partial charge in [0.15, 0.2) is 0 Å². The van der Waals surface area contributed by atoms with Gasteiger partial charge in [0, 0.05) is 0 Å². The van der Waals surface area contributed by atoms with Crippen molar-refractivity contribution in [3.63, 3.8) is 0 Å². The van der Waals surface area contributed by atoms with Gasteiger partial charge in [0.1, 0.15) is 0 Å². The number of fused-ring (bicyclic) bond motifs is 2. The third kappa shape index (κ3) is 1.93. The van der Waals surface area contributed by atoms with Gasteiger partial charge in [-0.2, -0.15) is 0 Å². The quantitative estimate of drug-likeness (QED) is 0.490. The molecule has 0 atom stereocenters. The summed E-state index contributed by atoms with van der Waals surface area (Å²) in [5.41, 5.74) is 0. The van der Waals surface area contributed by atoms with Crippen LogP contribution in [0.3, 0.4) is 0 Å². The third-order valence-corrected chi connectivity index (χ3v) is 3.92. The van der Waals surface area contributed by atoms with Crippen LogP contribution in [0, 0.1) is 0 Å². The Balaban J connectivity index is 2.34. The van der Waals surface area contributed by atoms with Crippen LogP contribution in [0.2, 0.25) is 0 Å². The lowest BCUT2D eigenvalue weighted by atomic mass is 10.0. The molecule has 0 saturated heterocycles. The molecule has 0 amide bonds. The van der Waals surface area contributed by atoms with E-state index in [2.05, 4.69) is 0 Å². The van der Waals surface area contributed by atoms with Crippen LogP contribution in [0.25, 0.3) is 21.5 Å². The fourth-order valence-electron chi connectivity index (χ4n) is 2.10. The van der Waals surface area contributed by atoms with Gasteiger partial charge in [0.2, 0.25) is 0 Å². The zero-order chi connectivity index (χ0) is 12.8. The van der Waals surface area contributed by atoms with Crippen molar-refractivity contribution < 1.29 is 14.4 Å². The summed E-state index contributed by atoms with van der Waals surface area (Å²) in [4.78, 5) is 22.0. The summed E-state index contributed by atoms with van der Waals surface area (Å²) in [5.74, 6) is 0. The molecule has 90 valence electrons. The second-order valence-electron chi connectivity index (χ2n) is 4.23. The highest BCUT2D eigenvalue weighted by atomic mass is 31.2. The van der Waals surface area contributed by atoms with Crippen molar-refractivity contribution in [2.45, 2.75) is 0 Å². The topological polar surface area (TPSA) is 63.2 Å². The Kier molecular flexibility index (Phi) is 2.49. The predicted molar refractivity (Wildman–Crippen MR) is 68.7 cm³/mol. The van der Waals surface area contributed by atoms with E-state index in [0.717, 1.165) is 21.5 Å². The van der Waals surface area contributed by atoms with Gasteiger partial charge in [0.05, 0.1) is 0 Å². The van der Waals surface area contributed by atoms with E-state index in [0.29, 0.717) is 0 Å². The van der Waals surface area contributed by atoms with Gasteiger partial charge >= 0.3 is 0 Å². The van der Waals surface area contributed by atoms with E-state index < -0.39 is 7.60 Å². The van der Waals surface area contributed by atoms with Crippen LogP contribution in [0.15, 0.2) is 54.6 Å². The smallest absolute Gasteiger partial charge is 0.0150 e. The lowest BCUT2D eigenvalue weighted by molar-refractivity contribution is -0.307. The maximum Gasteiger partial charge on any atom is -0.0150 e. The van der Waals surface area contributed by atoms with Crippen molar-refractivity contribution in [3.05, 3.63) is 54.6 Å². The predicted octanol–water partition coefficient (Wildman–Crippen LogP) is 1.53. The van der Waals surface area contributed by atoms with Crippen LogP contribution in [-0.4, -0.2) is 0 Å². The molecule has 0 spiro atoms. The largest absolute Gasteiger partial charge is 0.807 e. The Morgan fingerprint density at radius 3 is 1.89 bits per heavy atom. The van der Waals surface area contributed by atoms with Gasteiger partial charge in [-0.05, 0) is 52.6 Å². The molecule has 3 rings (SSSR count). The first-order chi connectivity index (χ1) is 8.54. The first kappa shape index (κ1) is 11.4. The summed E-state index contributed by atoms with van der Waals surface area (Å²) in [7, 11) is -4.68. The fraction of sp³-hybridized carbons (Fsp3) is 0. The molecule has 0 bridgehead atoms. The van der Waals surface area contributed by atoms with E-state index in [-0.39, 0.29) is 5.30 Å². The van der Waals surface area contributed by atoms with Gasteiger partial charge in [-0.15, -0.1) is 0 Å². The Bertz CT molecular complexity index is 789. The van der Waals surface area contributed by atoms with Gasteiger partial charge < -0.3 is 14.4 Å². The van der Waals surface area contributed by atoms with Crippen molar-refractivity contribution in [1.82, 2.24) is 0 Å². The molecule has 3 aromatic carbocycles. The molecule has 0 fully saturated rings. The first-order valence-electron chi connectivity index (χ1n) is 5.49. The zero-order valence-corrected chi connectivity index (χ0v) is 10.3. The van der Waals surface area contributed by atoms with E-state index in [4.69, 9.17) is 0 Å². The minimum Gasteiger partial charge on any atom is -0.807 e. The highest BCUT2D eigenvalue weighted by Gasteiger charge is 2.01. The maximum absolute atomic E-state index is 11.0. The molecule has 18 heavy (non-hydrogen) atoms. The summed E-state index contributed by atoms with van der Waals surface area (Å²) in [6, 6.07) is 16.2. The average Bonchev–Trinajstić information content (AvgIpc) is 2.34. The van der Waals surface area contributed by atoms with Crippen molar-refractivity contribution >= 4 is 34.4 Å². The molecule has 0 aromatic heterocycles. The monoisotopic (exact) mass is 256 g/mol. The maximum atomic E-state index is 11.0. The standard InChI is InChI=1S/C14H11O3P/c15-18(16,17)14-6-5-12-7-10-3-1-2-4-11(10)8-13(12)9-14/h1-9H,(H2,15,16,17)/p-2. The Hall–Kier alpha value is -1.67. The molecule has 0 aliphatic rings. The summed E-state index contributed by atoms with van der Waals surface area (Å²) in [5, 5.41) is 3.63. The average molecular weight is 256 g/mol. The second kappa shape index (κ2) is 3.92. The molecule has 0 unspecified atom stereocenters. The lowest BCUT2D eigenvalue weighted by Crippen LogP contribution is -2.24. The number of rotatable bonds is 1. The molecule has 3 nitrogen and oxygen atoms in total. The highest BCUT2D eigenvalue weighted by Crippen LogP contribution is 2.27. The van der Waals surface area contributed by atoms with Crippen LogP contribution >= 0.6 is 7.60 Å². The van der Waals surface area contributed by atoms with Crippen LogP contribution in [0.5, 0.6) is 0 Å². The van der Waals surface area contributed by atoms with Crippen LogP contribution in [0.4, 0.5) is 0 Å². The molecule has 0 N–H and O–H groups in total. The Morgan fingerprint density at radius 1 is 0.722 bits per heavy atom. The van der Waals surface area contributed by atoms with Crippen molar-refractivity contribution in [2.75, 3.05) is 0 Å². The molecule has 0 heterocycles. The van der Waals surface area contributed by atoms with Crippen LogP contribution < -0.4 is 15.1 Å². The third-order valence-electron chi connectivity index (χ3n) is 3.00. The SMILES string of the molecule is O=P([O-])([O-])c1ccc2cc3ccccc3cc2c1. The molecule has 0 aliphatic carbocycles. The van der Waals surface area contributed by atoms with Gasteiger partial charge in [-0.25, -0.2) is 0 Å². The molecular weight excluding hydrogens is 247 g/mol. The number of hydrogen-bond donors (Lipinski definition) is 0. The normalized spacial score (nSPS) is 12.1. The highest BCUT2D eigenvalue weighted by molar-refractivity contribution is 7.57. The summed E-state index contributed by atoms with van der Waals surface area (Å²) >= 11 is 0. The first-order valence-corrected chi connectivity index (χ1v) is 7.03. The summed E-state index contributed by atoms with van der Waals surface area (Å²) < 4.78 is 11.0. The van der Waals surface area contributed by atoms with Crippen molar-refractivity contribution in [1.29, 1.82) is 0 Å². The Morgan fingerprint density at radius 2 is 1.28 bits per heavy atom. The van der Waals surface area contributed by atoms with Crippen molar-refractivity contribution in [3.8, 4) is 0 Å². The molecule has 3 aromatic rings. The molecule has 0 aliphatic heterocycles. The van der Waals surface area contributed by atoms with Crippen LogP contribution in [0.1, 0.15) is 0 Å². The summed E-state index contributed by atoms with van der Waals surface area (Å²) in [6.45, 7) is 0. The van der Waals surface area contributed by atoms with E-state index in [1.54, 1.807) is 6.07 Å². The van der Waals surface area contributed by atoms with Crippen LogP contribution in [-0.2, 0) is 4.57 Å². The number of hydrogen-bond acceptors (Lipinski definition) is 3. The Labute approximate surface area is 104 Å². The molecule has 4 heteroatoms. The molecular formula is C14H9O3P-2. The van der Waals surface area contributed by atoms with E-state index in [1.807, 2.05) is 36.4 Å². The van der Waals surface area contributed by atoms with Gasteiger partial charge in [0.25, 0.3) is 0 Å². The zero-order valence-electron chi connectivity index (χ0n) is 9.37. The number of benzene rings is 3. The van der Waals surface area contributed by atoms with E-state index >= 15 is 0 Å². The fourth-order valence-corrected chi connectivity index (χ4v) is 2.65. The van der Waals surface area contributed by atoms with Crippen molar-refractivity contribution in [2.24, 2.45) is 0 Å². The molecule has 0 saturated carbocycles. The molecule has 0 radical (unpaired) electrons. The van der Waals surface area contributed by atoms with Gasteiger partial charge in [-0.1, -0.05) is 36.4 Å². The lowest BCUT2D eigenvalue weighted by Gasteiger charge is -2.30. The van der Waals surface area contributed by atoms with Gasteiger partial charge in [-0.3, -0.25) is 0 Å². The van der Waals surface area contributed by atoms with E-state index in [9.17, 15) is 14.4 Å². The minimum absolute atomic E-state index is 0.162. The minimum atomic E-state index is -4.68. The summed E-state index contributed by atoms with van der Waals surface area (Å²) in [6.07, 6.45) is 0. The second-order valence-corrected chi connectivity index (χ2v) is 5.74.